The zero-order valence-electron chi connectivity index (χ0n) is 13.6. The van der Waals surface area contributed by atoms with E-state index < -0.39 is 5.97 Å². The van der Waals surface area contributed by atoms with Crippen LogP contribution in [0.25, 0.3) is 17.4 Å². The molecule has 1 aliphatic rings. The highest BCUT2D eigenvalue weighted by Crippen LogP contribution is 2.33. The van der Waals surface area contributed by atoms with E-state index in [1.165, 1.54) is 18.1 Å². The van der Waals surface area contributed by atoms with Crippen LogP contribution >= 0.6 is 11.8 Å². The number of ether oxygens (including phenoxy) is 1. The van der Waals surface area contributed by atoms with Crippen LogP contribution in [0.4, 0.5) is 4.79 Å². The SMILES string of the molecule is CCN1C(=O)S/C(=C/c2ccc(-c3ccccc3C(=O)OC)o2)C1=O. The van der Waals surface area contributed by atoms with Crippen LogP contribution in [0.5, 0.6) is 0 Å². The molecule has 128 valence electrons. The predicted octanol–water partition coefficient (Wildman–Crippen LogP) is 3.79. The van der Waals surface area contributed by atoms with E-state index >= 15 is 0 Å². The van der Waals surface area contributed by atoms with Crippen molar-refractivity contribution < 1.29 is 23.5 Å². The number of carbonyl (C=O) groups is 3. The van der Waals surface area contributed by atoms with Gasteiger partial charge in [-0.3, -0.25) is 14.5 Å². The van der Waals surface area contributed by atoms with E-state index in [0.29, 0.717) is 34.1 Å². The number of hydrogen-bond acceptors (Lipinski definition) is 6. The van der Waals surface area contributed by atoms with Crippen LogP contribution in [0, 0.1) is 0 Å². The Kier molecular flexibility index (Phi) is 4.76. The van der Waals surface area contributed by atoms with E-state index in [-0.39, 0.29) is 11.1 Å². The second-order valence-electron chi connectivity index (χ2n) is 5.17. The third-order valence-electron chi connectivity index (χ3n) is 3.69. The van der Waals surface area contributed by atoms with Gasteiger partial charge >= 0.3 is 5.97 Å². The van der Waals surface area contributed by atoms with Crippen molar-refractivity contribution in [1.82, 2.24) is 4.90 Å². The Labute approximate surface area is 148 Å². The first kappa shape index (κ1) is 17.0. The molecule has 6 nitrogen and oxygen atoms in total. The lowest BCUT2D eigenvalue weighted by Gasteiger charge is -2.06. The molecule has 0 atom stereocenters. The van der Waals surface area contributed by atoms with E-state index in [9.17, 15) is 14.4 Å². The first-order chi connectivity index (χ1) is 12.0. The van der Waals surface area contributed by atoms with Crippen molar-refractivity contribution in [1.29, 1.82) is 0 Å². The Morgan fingerprint density at radius 1 is 1.24 bits per heavy atom. The summed E-state index contributed by atoms with van der Waals surface area (Å²) in [4.78, 5) is 37.2. The van der Waals surface area contributed by atoms with Gasteiger partial charge < -0.3 is 9.15 Å². The van der Waals surface area contributed by atoms with Crippen molar-refractivity contribution in [3.05, 3.63) is 52.6 Å². The third kappa shape index (κ3) is 3.23. The number of furan rings is 1. The number of nitrogens with zero attached hydrogens (tertiary/aromatic N) is 1. The normalized spacial score (nSPS) is 15.9. The molecule has 0 aliphatic carbocycles. The summed E-state index contributed by atoms with van der Waals surface area (Å²) < 4.78 is 10.5. The molecule has 2 aromatic rings. The summed E-state index contributed by atoms with van der Waals surface area (Å²) in [5.74, 6) is 0.112. The third-order valence-corrected chi connectivity index (χ3v) is 4.60. The summed E-state index contributed by atoms with van der Waals surface area (Å²) >= 11 is 0.882. The molecule has 7 heteroatoms. The number of carbonyl (C=O) groups excluding carboxylic acids is 3. The lowest BCUT2D eigenvalue weighted by molar-refractivity contribution is -0.122. The van der Waals surface area contributed by atoms with Gasteiger partial charge in [-0.05, 0) is 36.9 Å². The number of likely N-dealkylation sites (N-methyl/N-ethyl adjacent to an activating group) is 1. The Bertz CT molecular complexity index is 883. The Balaban J connectivity index is 1.92. The average molecular weight is 357 g/mol. The molecule has 1 aromatic heterocycles. The highest BCUT2D eigenvalue weighted by molar-refractivity contribution is 8.18. The van der Waals surface area contributed by atoms with Crippen molar-refractivity contribution in [3.63, 3.8) is 0 Å². The summed E-state index contributed by atoms with van der Waals surface area (Å²) in [6, 6.07) is 10.3. The van der Waals surface area contributed by atoms with Gasteiger partial charge in [0.15, 0.2) is 0 Å². The van der Waals surface area contributed by atoms with Crippen molar-refractivity contribution in [2.45, 2.75) is 6.92 Å². The van der Waals surface area contributed by atoms with Crippen LogP contribution in [0.2, 0.25) is 0 Å². The Hall–Kier alpha value is -2.80. The number of imide groups is 1. The molecule has 3 rings (SSSR count). The van der Waals surface area contributed by atoms with Gasteiger partial charge in [0.1, 0.15) is 11.5 Å². The molecular weight excluding hydrogens is 342 g/mol. The maximum Gasteiger partial charge on any atom is 0.338 e. The molecule has 0 saturated carbocycles. The van der Waals surface area contributed by atoms with E-state index in [4.69, 9.17) is 9.15 Å². The highest BCUT2D eigenvalue weighted by atomic mass is 32.2. The smallest absolute Gasteiger partial charge is 0.338 e. The van der Waals surface area contributed by atoms with Gasteiger partial charge in [0, 0.05) is 18.2 Å². The van der Waals surface area contributed by atoms with Gasteiger partial charge in [-0.1, -0.05) is 18.2 Å². The molecule has 0 radical (unpaired) electrons. The number of amides is 2. The molecule has 0 N–H and O–H groups in total. The first-order valence-corrected chi connectivity index (χ1v) is 8.39. The molecule has 1 aliphatic heterocycles. The summed E-state index contributed by atoms with van der Waals surface area (Å²) in [5.41, 5.74) is 0.980. The van der Waals surface area contributed by atoms with Crippen molar-refractivity contribution >= 4 is 35.0 Å². The summed E-state index contributed by atoms with van der Waals surface area (Å²) in [6.45, 7) is 2.08. The monoisotopic (exact) mass is 357 g/mol. The largest absolute Gasteiger partial charge is 0.465 e. The molecule has 0 unspecified atom stereocenters. The van der Waals surface area contributed by atoms with Crippen LogP contribution in [-0.2, 0) is 9.53 Å². The molecule has 0 bridgehead atoms. The zero-order valence-corrected chi connectivity index (χ0v) is 14.5. The van der Waals surface area contributed by atoms with Crippen molar-refractivity contribution in [2.75, 3.05) is 13.7 Å². The van der Waals surface area contributed by atoms with Crippen LogP contribution in [0.15, 0.2) is 45.7 Å². The van der Waals surface area contributed by atoms with Gasteiger partial charge in [-0.15, -0.1) is 0 Å². The Morgan fingerprint density at radius 2 is 2.00 bits per heavy atom. The molecule has 2 heterocycles. The predicted molar refractivity (Wildman–Crippen MR) is 93.8 cm³/mol. The molecule has 2 amide bonds. The maximum absolute atomic E-state index is 12.1. The maximum atomic E-state index is 12.1. The summed E-state index contributed by atoms with van der Waals surface area (Å²) in [5, 5.41) is -0.290. The number of methoxy groups -OCH3 is 1. The minimum atomic E-state index is -0.461. The molecule has 1 fully saturated rings. The number of benzene rings is 1. The van der Waals surface area contributed by atoms with Crippen molar-refractivity contribution in [2.24, 2.45) is 0 Å². The van der Waals surface area contributed by atoms with E-state index in [1.54, 1.807) is 43.3 Å². The summed E-state index contributed by atoms with van der Waals surface area (Å²) in [6.07, 6.45) is 1.53. The van der Waals surface area contributed by atoms with Gasteiger partial charge in [0.25, 0.3) is 11.1 Å². The molecule has 0 spiro atoms. The van der Waals surface area contributed by atoms with E-state index in [0.717, 1.165) is 11.8 Å². The number of esters is 1. The zero-order chi connectivity index (χ0) is 18.0. The lowest BCUT2D eigenvalue weighted by atomic mass is 10.1. The van der Waals surface area contributed by atoms with Crippen molar-refractivity contribution in [3.8, 4) is 11.3 Å². The average Bonchev–Trinajstić information content (AvgIpc) is 3.19. The fraction of sp³-hybridized carbons (Fsp3) is 0.167. The molecular formula is C18H15NO5S. The minimum Gasteiger partial charge on any atom is -0.465 e. The quantitative estimate of drug-likeness (QED) is 0.612. The summed E-state index contributed by atoms with van der Waals surface area (Å²) in [7, 11) is 1.32. The molecule has 1 saturated heterocycles. The second-order valence-corrected chi connectivity index (χ2v) is 6.16. The topological polar surface area (TPSA) is 76.8 Å². The number of rotatable bonds is 4. The number of hydrogen-bond donors (Lipinski definition) is 0. The van der Waals surface area contributed by atoms with Gasteiger partial charge in [0.2, 0.25) is 0 Å². The highest BCUT2D eigenvalue weighted by Gasteiger charge is 2.33. The lowest BCUT2D eigenvalue weighted by Crippen LogP contribution is -2.27. The van der Waals surface area contributed by atoms with Crippen LogP contribution in [0.1, 0.15) is 23.0 Å². The van der Waals surface area contributed by atoms with Gasteiger partial charge in [0.05, 0.1) is 17.6 Å². The van der Waals surface area contributed by atoms with Crippen LogP contribution in [-0.4, -0.2) is 35.7 Å². The van der Waals surface area contributed by atoms with Crippen LogP contribution < -0.4 is 0 Å². The Morgan fingerprint density at radius 3 is 2.68 bits per heavy atom. The first-order valence-electron chi connectivity index (χ1n) is 7.58. The minimum absolute atomic E-state index is 0.290. The standard InChI is InChI=1S/C18H15NO5S/c1-3-19-16(20)15(25-18(19)22)10-11-8-9-14(24-11)12-6-4-5-7-13(12)17(21)23-2/h4-10H,3H2,1-2H3/b15-10+. The van der Waals surface area contributed by atoms with E-state index in [1.807, 2.05) is 0 Å². The molecule has 25 heavy (non-hydrogen) atoms. The van der Waals surface area contributed by atoms with Gasteiger partial charge in [-0.25, -0.2) is 4.79 Å². The second kappa shape index (κ2) is 6.98. The van der Waals surface area contributed by atoms with Gasteiger partial charge in [-0.2, -0.15) is 0 Å². The number of thioether (sulfide) groups is 1. The van der Waals surface area contributed by atoms with E-state index in [2.05, 4.69) is 0 Å². The molecule has 1 aromatic carbocycles. The fourth-order valence-corrected chi connectivity index (χ4v) is 3.35. The van der Waals surface area contributed by atoms with Crippen LogP contribution in [0.3, 0.4) is 0 Å². The fourth-order valence-electron chi connectivity index (χ4n) is 2.46.